The van der Waals surface area contributed by atoms with Gasteiger partial charge in [0, 0.05) is 0 Å². The van der Waals surface area contributed by atoms with Gasteiger partial charge in [0.15, 0.2) is 0 Å². The third-order valence-electron chi connectivity index (χ3n) is 1.41. The number of hydrogen-bond acceptors (Lipinski definition) is 3. The van der Waals surface area contributed by atoms with Crippen molar-refractivity contribution in [3.63, 3.8) is 0 Å². The zero-order valence-corrected chi connectivity index (χ0v) is 9.16. The van der Waals surface area contributed by atoms with Crippen LogP contribution in [0.5, 0.6) is 0 Å². The Kier molecular flexibility index (Phi) is 6.38. The molecule has 0 radical (unpaired) electrons. The highest BCUT2D eigenvalue weighted by Crippen LogP contribution is 2.05. The van der Waals surface area contributed by atoms with Crippen LogP contribution in [0.3, 0.4) is 0 Å². The highest BCUT2D eigenvalue weighted by Gasteiger charge is 2.08. The van der Waals surface area contributed by atoms with Crippen LogP contribution < -0.4 is 4.72 Å². The topological polar surface area (TPSA) is 66.4 Å². The molecule has 0 saturated carbocycles. The lowest BCUT2D eigenvalue weighted by molar-refractivity contribution is 0.351. The molecule has 0 fully saturated rings. The molecule has 82 valence electrons. The van der Waals surface area contributed by atoms with Gasteiger partial charge in [-0.1, -0.05) is 24.1 Å². The Labute approximate surface area is 90.0 Å². The summed E-state index contributed by atoms with van der Waals surface area (Å²) in [6, 6.07) is 8.24. The Morgan fingerprint density at radius 2 is 1.87 bits per heavy atom. The highest BCUT2D eigenvalue weighted by molar-refractivity contribution is 7.89. The summed E-state index contributed by atoms with van der Waals surface area (Å²) in [5.41, 5.74) is 0. The lowest BCUT2D eigenvalue weighted by Crippen LogP contribution is -2.18. The summed E-state index contributed by atoms with van der Waals surface area (Å²) in [7, 11) is -1.86. The summed E-state index contributed by atoms with van der Waals surface area (Å²) in [5.74, 6) is 1.99. The number of aliphatic hydroxyl groups is 1. The molecule has 2 N–H and O–H groups in total. The van der Waals surface area contributed by atoms with E-state index < -0.39 is 10.0 Å². The van der Waals surface area contributed by atoms with Crippen molar-refractivity contribution in [2.24, 2.45) is 0 Å². The van der Waals surface area contributed by atoms with Crippen LogP contribution in [0.2, 0.25) is 0 Å². The fourth-order valence-electron chi connectivity index (χ4n) is 0.717. The van der Waals surface area contributed by atoms with Gasteiger partial charge in [-0.15, -0.1) is 6.42 Å². The van der Waals surface area contributed by atoms with E-state index >= 15 is 0 Å². The molecule has 0 aliphatic heterocycles. The number of nitrogens with one attached hydrogen (secondary N) is 1. The second-order valence-corrected chi connectivity index (χ2v) is 4.27. The van der Waals surface area contributed by atoms with Gasteiger partial charge < -0.3 is 5.11 Å². The van der Waals surface area contributed by atoms with Gasteiger partial charge in [0.1, 0.15) is 6.61 Å². The first-order valence-corrected chi connectivity index (χ1v) is 5.59. The number of terminal acetylenes is 1. The Bertz CT molecular complexity index is 406. The maximum Gasteiger partial charge on any atom is 0.240 e. The van der Waals surface area contributed by atoms with Crippen LogP contribution in [-0.2, 0) is 10.0 Å². The van der Waals surface area contributed by atoms with E-state index in [1.165, 1.54) is 7.05 Å². The third-order valence-corrected chi connectivity index (χ3v) is 2.84. The molecule has 0 spiro atoms. The average molecular weight is 227 g/mol. The minimum atomic E-state index is -3.25. The predicted molar refractivity (Wildman–Crippen MR) is 58.6 cm³/mol. The van der Waals surface area contributed by atoms with Crippen molar-refractivity contribution in [1.82, 2.24) is 4.72 Å². The first kappa shape index (κ1) is 13.7. The second kappa shape index (κ2) is 7.01. The van der Waals surface area contributed by atoms with E-state index in [4.69, 9.17) is 5.11 Å². The van der Waals surface area contributed by atoms with Crippen LogP contribution in [0.15, 0.2) is 35.2 Å². The molecule has 0 aliphatic rings. The molecular formula is C10H13NO3S. The first-order valence-electron chi connectivity index (χ1n) is 4.11. The van der Waals surface area contributed by atoms with E-state index in [-0.39, 0.29) is 6.61 Å². The van der Waals surface area contributed by atoms with E-state index in [9.17, 15) is 8.42 Å². The van der Waals surface area contributed by atoms with Crippen LogP contribution in [0, 0.1) is 12.3 Å². The first-order chi connectivity index (χ1) is 7.08. The Morgan fingerprint density at radius 3 is 2.20 bits per heavy atom. The van der Waals surface area contributed by atoms with Crippen molar-refractivity contribution >= 4 is 10.0 Å². The molecule has 5 heteroatoms. The van der Waals surface area contributed by atoms with E-state index in [0.717, 1.165) is 0 Å². The van der Waals surface area contributed by atoms with Gasteiger partial charge in [0.25, 0.3) is 0 Å². The van der Waals surface area contributed by atoms with E-state index in [1.807, 2.05) is 5.92 Å². The Hall–Kier alpha value is -1.35. The summed E-state index contributed by atoms with van der Waals surface area (Å²) in [5, 5.41) is 7.64. The summed E-state index contributed by atoms with van der Waals surface area (Å²) in [4.78, 5) is 0.294. The molecule has 0 bridgehead atoms. The van der Waals surface area contributed by atoms with Crippen LogP contribution in [0.1, 0.15) is 0 Å². The standard InChI is InChI=1S/C7H9NO2S.C3H4O/c1-8-11(9,10)7-5-3-2-4-6-7;1-2-3-4/h2-6,8H,1H3;1,4H,3H2. The molecular weight excluding hydrogens is 214 g/mol. The minimum Gasteiger partial charge on any atom is -0.384 e. The smallest absolute Gasteiger partial charge is 0.240 e. The SMILES string of the molecule is C#CCO.CNS(=O)(=O)c1ccccc1. The lowest BCUT2D eigenvalue weighted by atomic mass is 10.4. The molecule has 1 aromatic carbocycles. The second-order valence-electron chi connectivity index (χ2n) is 2.38. The van der Waals surface area contributed by atoms with Crippen molar-refractivity contribution in [3.05, 3.63) is 30.3 Å². The largest absolute Gasteiger partial charge is 0.384 e. The summed E-state index contributed by atoms with van der Waals surface area (Å²) in [6.07, 6.45) is 4.53. The van der Waals surface area contributed by atoms with Gasteiger partial charge in [-0.3, -0.25) is 0 Å². The fraction of sp³-hybridized carbons (Fsp3) is 0.200. The van der Waals surface area contributed by atoms with Gasteiger partial charge in [-0.25, -0.2) is 13.1 Å². The van der Waals surface area contributed by atoms with Gasteiger partial charge in [0.2, 0.25) is 10.0 Å². The molecule has 0 heterocycles. The lowest BCUT2D eigenvalue weighted by Gasteiger charge is -1.99. The van der Waals surface area contributed by atoms with Crippen molar-refractivity contribution in [1.29, 1.82) is 0 Å². The number of hydrogen-bond donors (Lipinski definition) is 2. The zero-order chi connectivity index (χ0) is 11.7. The van der Waals surface area contributed by atoms with Crippen LogP contribution in [0.25, 0.3) is 0 Å². The van der Waals surface area contributed by atoms with Crippen molar-refractivity contribution < 1.29 is 13.5 Å². The molecule has 15 heavy (non-hydrogen) atoms. The van der Waals surface area contributed by atoms with Crippen molar-refractivity contribution in [2.45, 2.75) is 4.90 Å². The molecule has 0 saturated heterocycles. The zero-order valence-electron chi connectivity index (χ0n) is 8.34. The minimum absolute atomic E-state index is 0.153. The van der Waals surface area contributed by atoms with Crippen molar-refractivity contribution in [2.75, 3.05) is 13.7 Å². The summed E-state index contributed by atoms with van der Waals surface area (Å²) >= 11 is 0. The Balaban J connectivity index is 0.000000423. The van der Waals surface area contributed by atoms with E-state index in [2.05, 4.69) is 11.1 Å². The normalized spacial score (nSPS) is 9.67. The van der Waals surface area contributed by atoms with Gasteiger partial charge in [0.05, 0.1) is 4.90 Å². The quantitative estimate of drug-likeness (QED) is 0.710. The molecule has 0 unspecified atom stereocenters. The summed E-state index contributed by atoms with van der Waals surface area (Å²) < 4.78 is 24.4. The molecule has 0 atom stereocenters. The highest BCUT2D eigenvalue weighted by atomic mass is 32.2. The van der Waals surface area contributed by atoms with Crippen molar-refractivity contribution in [3.8, 4) is 12.3 Å². The van der Waals surface area contributed by atoms with Crippen LogP contribution in [-0.4, -0.2) is 27.2 Å². The molecule has 1 aromatic rings. The van der Waals surface area contributed by atoms with E-state index in [0.29, 0.717) is 4.90 Å². The van der Waals surface area contributed by atoms with Gasteiger partial charge in [-0.2, -0.15) is 0 Å². The maximum atomic E-state index is 11.1. The molecule has 1 rings (SSSR count). The number of benzene rings is 1. The predicted octanol–water partition coefficient (Wildman–Crippen LogP) is 0.207. The molecule has 0 aromatic heterocycles. The van der Waals surface area contributed by atoms with E-state index in [1.54, 1.807) is 30.3 Å². The maximum absolute atomic E-state index is 11.1. The number of aliphatic hydroxyl groups excluding tert-OH is 1. The summed E-state index contributed by atoms with van der Waals surface area (Å²) in [6.45, 7) is -0.153. The van der Waals surface area contributed by atoms with Crippen LogP contribution in [0.4, 0.5) is 0 Å². The molecule has 4 nitrogen and oxygen atoms in total. The average Bonchev–Trinajstić information content (AvgIpc) is 2.30. The third kappa shape index (κ3) is 5.18. The monoisotopic (exact) mass is 227 g/mol. The molecule has 0 aliphatic carbocycles. The number of sulfonamides is 1. The van der Waals surface area contributed by atoms with Crippen LogP contribution >= 0.6 is 0 Å². The fourth-order valence-corrected chi connectivity index (χ4v) is 1.47. The van der Waals surface area contributed by atoms with Gasteiger partial charge in [-0.05, 0) is 19.2 Å². The molecule has 0 amide bonds. The number of rotatable bonds is 2. The Morgan fingerprint density at radius 1 is 1.40 bits per heavy atom. The van der Waals surface area contributed by atoms with Gasteiger partial charge >= 0.3 is 0 Å².